The van der Waals surface area contributed by atoms with Crippen molar-refractivity contribution in [3.8, 4) is 0 Å². The van der Waals surface area contributed by atoms with Crippen molar-refractivity contribution in [3.63, 3.8) is 0 Å². The summed E-state index contributed by atoms with van der Waals surface area (Å²) in [5, 5.41) is 3.36. The van der Waals surface area contributed by atoms with Gasteiger partial charge in [0, 0.05) is 10.2 Å². The van der Waals surface area contributed by atoms with E-state index in [4.69, 9.17) is 5.73 Å². The molecule has 0 aliphatic rings. The average molecular weight is 292 g/mol. The fraction of sp³-hybridized carbons (Fsp3) is 0.154. The number of nitrogens with two attached hydrogens (primary N) is 1. The summed E-state index contributed by atoms with van der Waals surface area (Å²) in [6.45, 7) is 4.15. The molecule has 3 nitrogen and oxygen atoms in total. The molecule has 0 radical (unpaired) electrons. The van der Waals surface area contributed by atoms with Gasteiger partial charge in [0.15, 0.2) is 0 Å². The first-order valence-corrected chi connectivity index (χ1v) is 6.11. The molecular weight excluding hydrogens is 278 g/mol. The SMILES string of the molecule is Cc1cc(Br)cc(C)c1Nc1ccc(N)nc1. The van der Waals surface area contributed by atoms with E-state index in [1.165, 1.54) is 11.1 Å². The van der Waals surface area contributed by atoms with Crippen molar-refractivity contribution in [1.29, 1.82) is 0 Å². The summed E-state index contributed by atoms with van der Waals surface area (Å²) in [5.41, 5.74) is 9.98. The number of anilines is 3. The van der Waals surface area contributed by atoms with Gasteiger partial charge in [-0.25, -0.2) is 4.98 Å². The van der Waals surface area contributed by atoms with Gasteiger partial charge in [0.2, 0.25) is 0 Å². The van der Waals surface area contributed by atoms with Crippen LogP contribution in [0.3, 0.4) is 0 Å². The third kappa shape index (κ3) is 2.77. The van der Waals surface area contributed by atoms with E-state index in [9.17, 15) is 0 Å². The van der Waals surface area contributed by atoms with E-state index in [0.29, 0.717) is 5.82 Å². The minimum absolute atomic E-state index is 0.528. The van der Waals surface area contributed by atoms with Crippen LogP contribution in [0.2, 0.25) is 0 Å². The van der Waals surface area contributed by atoms with E-state index >= 15 is 0 Å². The maximum Gasteiger partial charge on any atom is 0.123 e. The number of nitrogens with zero attached hydrogens (tertiary/aromatic N) is 1. The molecule has 0 aliphatic carbocycles. The van der Waals surface area contributed by atoms with Gasteiger partial charge in [-0.1, -0.05) is 15.9 Å². The van der Waals surface area contributed by atoms with Crippen LogP contribution in [0.5, 0.6) is 0 Å². The topological polar surface area (TPSA) is 50.9 Å². The monoisotopic (exact) mass is 291 g/mol. The van der Waals surface area contributed by atoms with Gasteiger partial charge in [0.1, 0.15) is 5.82 Å². The molecule has 1 aromatic carbocycles. The second kappa shape index (κ2) is 4.75. The number of nitrogen functional groups attached to an aromatic ring is 1. The number of benzene rings is 1. The highest BCUT2D eigenvalue weighted by molar-refractivity contribution is 9.10. The number of halogens is 1. The third-order valence-electron chi connectivity index (χ3n) is 2.55. The number of aryl methyl sites for hydroxylation is 2. The molecule has 88 valence electrons. The molecule has 0 spiro atoms. The van der Waals surface area contributed by atoms with Crippen LogP contribution in [0, 0.1) is 13.8 Å². The first-order valence-electron chi connectivity index (χ1n) is 5.31. The molecule has 0 unspecified atom stereocenters. The predicted molar refractivity (Wildman–Crippen MR) is 75.5 cm³/mol. The Bertz CT molecular complexity index is 512. The zero-order valence-corrected chi connectivity index (χ0v) is 11.4. The van der Waals surface area contributed by atoms with Crippen LogP contribution in [0.15, 0.2) is 34.9 Å². The van der Waals surface area contributed by atoms with Gasteiger partial charge in [-0.05, 0) is 49.2 Å². The quantitative estimate of drug-likeness (QED) is 0.885. The minimum atomic E-state index is 0.528. The standard InChI is InChI=1S/C13H14BrN3/c1-8-5-10(14)6-9(2)13(8)17-11-3-4-12(15)16-7-11/h3-7,17H,1-2H3,(H2,15,16). The fourth-order valence-electron chi connectivity index (χ4n) is 1.73. The summed E-state index contributed by atoms with van der Waals surface area (Å²) in [6.07, 6.45) is 1.73. The van der Waals surface area contributed by atoms with Crippen LogP contribution in [0.1, 0.15) is 11.1 Å². The molecule has 3 N–H and O–H groups in total. The molecule has 0 amide bonds. The first kappa shape index (κ1) is 11.9. The van der Waals surface area contributed by atoms with Gasteiger partial charge in [-0.2, -0.15) is 0 Å². The lowest BCUT2D eigenvalue weighted by Gasteiger charge is -2.13. The summed E-state index contributed by atoms with van der Waals surface area (Å²) in [7, 11) is 0. The smallest absolute Gasteiger partial charge is 0.123 e. The summed E-state index contributed by atoms with van der Waals surface area (Å²) < 4.78 is 1.09. The Labute approximate surface area is 109 Å². The average Bonchev–Trinajstić information content (AvgIpc) is 2.26. The maximum absolute atomic E-state index is 5.55. The Morgan fingerprint density at radius 2 is 1.82 bits per heavy atom. The van der Waals surface area contributed by atoms with E-state index in [-0.39, 0.29) is 0 Å². The van der Waals surface area contributed by atoms with Crippen molar-refractivity contribution in [2.75, 3.05) is 11.1 Å². The second-order valence-electron chi connectivity index (χ2n) is 4.01. The van der Waals surface area contributed by atoms with Crippen LogP contribution in [-0.2, 0) is 0 Å². The summed E-state index contributed by atoms with van der Waals surface area (Å²) >= 11 is 3.49. The van der Waals surface area contributed by atoms with Crippen LogP contribution in [-0.4, -0.2) is 4.98 Å². The van der Waals surface area contributed by atoms with Crippen LogP contribution >= 0.6 is 15.9 Å². The summed E-state index contributed by atoms with van der Waals surface area (Å²) in [6, 6.07) is 7.87. The molecule has 0 atom stereocenters. The van der Waals surface area contributed by atoms with E-state index in [1.54, 1.807) is 12.3 Å². The second-order valence-corrected chi connectivity index (χ2v) is 4.93. The molecular formula is C13H14BrN3. The molecule has 0 saturated carbocycles. The number of rotatable bonds is 2. The lowest BCUT2D eigenvalue weighted by molar-refractivity contribution is 1.30. The van der Waals surface area contributed by atoms with Crippen LogP contribution in [0.25, 0.3) is 0 Å². The highest BCUT2D eigenvalue weighted by atomic mass is 79.9. The number of hydrogen-bond acceptors (Lipinski definition) is 3. The maximum atomic E-state index is 5.55. The predicted octanol–water partition coefficient (Wildman–Crippen LogP) is 3.79. The van der Waals surface area contributed by atoms with E-state index < -0.39 is 0 Å². The number of aromatic nitrogens is 1. The zero-order valence-electron chi connectivity index (χ0n) is 9.79. The lowest BCUT2D eigenvalue weighted by atomic mass is 10.1. The minimum Gasteiger partial charge on any atom is -0.384 e. The van der Waals surface area contributed by atoms with E-state index in [1.807, 2.05) is 6.07 Å². The Kier molecular flexibility index (Phi) is 3.33. The van der Waals surface area contributed by atoms with Crippen molar-refractivity contribution in [2.45, 2.75) is 13.8 Å². The molecule has 0 aliphatic heterocycles. The summed E-state index contributed by atoms with van der Waals surface area (Å²) in [4.78, 5) is 4.06. The largest absolute Gasteiger partial charge is 0.384 e. The zero-order chi connectivity index (χ0) is 12.4. The van der Waals surface area contributed by atoms with Crippen molar-refractivity contribution in [3.05, 3.63) is 46.1 Å². The van der Waals surface area contributed by atoms with E-state index in [2.05, 4.69) is 52.2 Å². The number of nitrogens with one attached hydrogen (secondary N) is 1. The molecule has 0 bridgehead atoms. The van der Waals surface area contributed by atoms with E-state index in [0.717, 1.165) is 15.8 Å². The van der Waals surface area contributed by atoms with Gasteiger partial charge in [-0.15, -0.1) is 0 Å². The van der Waals surface area contributed by atoms with Crippen molar-refractivity contribution in [1.82, 2.24) is 4.98 Å². The Morgan fingerprint density at radius 3 is 2.35 bits per heavy atom. The highest BCUT2D eigenvalue weighted by Gasteiger charge is 2.04. The van der Waals surface area contributed by atoms with Gasteiger partial charge in [0.25, 0.3) is 0 Å². The van der Waals surface area contributed by atoms with Crippen LogP contribution < -0.4 is 11.1 Å². The Hall–Kier alpha value is -1.55. The molecule has 1 heterocycles. The van der Waals surface area contributed by atoms with Gasteiger partial charge < -0.3 is 11.1 Å². The molecule has 0 saturated heterocycles. The number of hydrogen-bond donors (Lipinski definition) is 2. The van der Waals surface area contributed by atoms with Gasteiger partial charge in [0.05, 0.1) is 11.9 Å². The molecule has 17 heavy (non-hydrogen) atoms. The van der Waals surface area contributed by atoms with Gasteiger partial charge in [-0.3, -0.25) is 0 Å². The van der Waals surface area contributed by atoms with Crippen molar-refractivity contribution < 1.29 is 0 Å². The molecule has 2 rings (SSSR count). The molecule has 4 heteroatoms. The fourth-order valence-corrected chi connectivity index (χ4v) is 2.42. The van der Waals surface area contributed by atoms with Crippen molar-refractivity contribution in [2.24, 2.45) is 0 Å². The third-order valence-corrected chi connectivity index (χ3v) is 3.01. The first-order chi connectivity index (χ1) is 8.06. The lowest BCUT2D eigenvalue weighted by Crippen LogP contribution is -1.98. The Morgan fingerprint density at radius 1 is 1.18 bits per heavy atom. The normalized spacial score (nSPS) is 10.3. The van der Waals surface area contributed by atoms with Gasteiger partial charge >= 0.3 is 0 Å². The molecule has 1 aromatic heterocycles. The Balaban J connectivity index is 2.33. The number of pyridine rings is 1. The summed E-state index contributed by atoms with van der Waals surface area (Å²) in [5.74, 6) is 0.528. The highest BCUT2D eigenvalue weighted by Crippen LogP contribution is 2.27. The van der Waals surface area contributed by atoms with Crippen LogP contribution in [0.4, 0.5) is 17.2 Å². The molecule has 0 fully saturated rings. The molecule has 2 aromatic rings. The van der Waals surface area contributed by atoms with Crippen molar-refractivity contribution >= 4 is 33.1 Å².